The van der Waals surface area contributed by atoms with Crippen molar-refractivity contribution < 1.29 is 0 Å². The van der Waals surface area contributed by atoms with Crippen LogP contribution in [0.25, 0.3) is 0 Å². The third kappa shape index (κ3) is 4.76. The molecule has 4 heterocycles. The van der Waals surface area contributed by atoms with Gasteiger partial charge in [0.2, 0.25) is 0 Å². The van der Waals surface area contributed by atoms with E-state index >= 15 is 0 Å². The molecule has 0 radical (unpaired) electrons. The lowest BCUT2D eigenvalue weighted by Gasteiger charge is -2.20. The molecule has 182 valence electrons. The summed E-state index contributed by atoms with van der Waals surface area (Å²) < 4.78 is 1.72. The number of benzene rings is 2. The van der Waals surface area contributed by atoms with Crippen molar-refractivity contribution in [2.24, 2.45) is 0 Å². The van der Waals surface area contributed by atoms with Crippen LogP contribution >= 0.6 is 0 Å². The summed E-state index contributed by atoms with van der Waals surface area (Å²) in [6.07, 6.45) is 4.79. The Bertz CT molecular complexity index is 1430. The summed E-state index contributed by atoms with van der Waals surface area (Å²) in [5.74, 6) is 0.936. The van der Waals surface area contributed by atoms with Crippen molar-refractivity contribution in [2.45, 2.75) is 39.1 Å². The number of hydrogen-bond donors (Lipinski definition) is 3. The third-order valence-electron chi connectivity index (χ3n) is 7.00. The van der Waals surface area contributed by atoms with Crippen LogP contribution in [0.1, 0.15) is 33.4 Å². The summed E-state index contributed by atoms with van der Waals surface area (Å²) in [6.45, 7) is 4.85. The Morgan fingerprint density at radius 3 is 2.58 bits per heavy atom. The predicted molar refractivity (Wildman–Crippen MR) is 143 cm³/mol. The van der Waals surface area contributed by atoms with Gasteiger partial charge >= 0.3 is 0 Å². The van der Waals surface area contributed by atoms with E-state index in [0.717, 1.165) is 56.2 Å². The van der Waals surface area contributed by atoms with Crippen LogP contribution < -0.4 is 26.6 Å². The number of aromatic nitrogens is 2. The number of pyridine rings is 2. The molecule has 7 heteroatoms. The van der Waals surface area contributed by atoms with Crippen molar-refractivity contribution in [1.82, 2.24) is 20.3 Å². The topological polar surface area (TPSA) is 74.2 Å². The van der Waals surface area contributed by atoms with E-state index in [-0.39, 0.29) is 5.56 Å². The molecule has 2 aliphatic heterocycles. The van der Waals surface area contributed by atoms with Gasteiger partial charge in [-0.25, -0.2) is 10.4 Å². The van der Waals surface area contributed by atoms with E-state index in [1.807, 2.05) is 18.5 Å². The van der Waals surface area contributed by atoms with Gasteiger partial charge in [-0.1, -0.05) is 48.5 Å². The molecule has 0 saturated heterocycles. The quantitative estimate of drug-likeness (QED) is 0.377. The van der Waals surface area contributed by atoms with Crippen molar-refractivity contribution in [3.05, 3.63) is 123 Å². The Balaban J connectivity index is 1.11. The SMILES string of the molecule is O=c1ccccn1Cc1ccc(CN2NCc3c2ccnc3NCc2ccc3c(c2)CCNC3)cc1. The van der Waals surface area contributed by atoms with Crippen LogP contribution in [-0.2, 0) is 39.1 Å². The molecule has 0 amide bonds. The molecule has 2 aromatic carbocycles. The summed E-state index contributed by atoms with van der Waals surface area (Å²) in [5.41, 5.74) is 12.3. The fourth-order valence-corrected chi connectivity index (χ4v) is 5.01. The van der Waals surface area contributed by atoms with Crippen molar-refractivity contribution in [2.75, 3.05) is 16.9 Å². The minimum Gasteiger partial charge on any atom is -0.366 e. The Morgan fingerprint density at radius 2 is 1.72 bits per heavy atom. The second kappa shape index (κ2) is 9.97. The zero-order valence-electron chi connectivity index (χ0n) is 20.2. The molecular weight excluding hydrogens is 448 g/mol. The normalized spacial score (nSPS) is 14.4. The highest BCUT2D eigenvalue weighted by atomic mass is 16.1. The van der Waals surface area contributed by atoms with Crippen LogP contribution in [0, 0.1) is 0 Å². The number of rotatable bonds is 7. The van der Waals surface area contributed by atoms with Crippen molar-refractivity contribution >= 4 is 11.5 Å². The largest absolute Gasteiger partial charge is 0.366 e. The molecule has 0 saturated carbocycles. The molecule has 0 bridgehead atoms. The van der Waals surface area contributed by atoms with Gasteiger partial charge in [0, 0.05) is 43.7 Å². The molecule has 2 aliphatic rings. The minimum atomic E-state index is 0.0152. The van der Waals surface area contributed by atoms with Crippen molar-refractivity contribution in [3.63, 3.8) is 0 Å². The summed E-state index contributed by atoms with van der Waals surface area (Å²) in [6, 6.07) is 22.6. The highest BCUT2D eigenvalue weighted by Gasteiger charge is 2.22. The second-order valence-electron chi connectivity index (χ2n) is 9.44. The third-order valence-corrected chi connectivity index (χ3v) is 7.00. The monoisotopic (exact) mass is 478 g/mol. The lowest BCUT2D eigenvalue weighted by Crippen LogP contribution is -2.31. The Kier molecular flexibility index (Phi) is 6.24. The van der Waals surface area contributed by atoms with Gasteiger partial charge in [0.05, 0.1) is 18.8 Å². The lowest BCUT2D eigenvalue weighted by molar-refractivity contribution is 0.643. The van der Waals surface area contributed by atoms with Gasteiger partial charge in [-0.15, -0.1) is 0 Å². The van der Waals surface area contributed by atoms with E-state index in [0.29, 0.717) is 6.54 Å². The first-order valence-electron chi connectivity index (χ1n) is 12.5. The fourth-order valence-electron chi connectivity index (χ4n) is 5.01. The average molecular weight is 479 g/mol. The molecule has 0 aliphatic carbocycles. The van der Waals surface area contributed by atoms with Gasteiger partial charge in [0.1, 0.15) is 5.82 Å². The summed E-state index contributed by atoms with van der Waals surface area (Å²) >= 11 is 0. The molecule has 0 atom stereocenters. The Hall–Kier alpha value is -3.94. The first-order chi connectivity index (χ1) is 17.7. The molecule has 3 N–H and O–H groups in total. The number of anilines is 2. The zero-order valence-corrected chi connectivity index (χ0v) is 20.2. The van der Waals surface area contributed by atoms with Gasteiger partial charge in [-0.05, 0) is 52.9 Å². The Morgan fingerprint density at radius 1 is 0.889 bits per heavy atom. The first-order valence-corrected chi connectivity index (χ1v) is 12.5. The number of hydrazine groups is 1. The van der Waals surface area contributed by atoms with E-state index in [1.54, 1.807) is 16.7 Å². The standard InChI is InChI=1S/C29H30N6O/c36-28-3-1-2-14-34(28)19-21-4-6-22(7-5-21)20-35-27-11-13-31-29(26(27)18-33-35)32-16-23-8-9-25-17-30-12-10-24(25)15-23/h1-9,11,13-15,30,33H,10,12,16-20H2,(H,31,32). The Labute approximate surface area is 210 Å². The van der Waals surface area contributed by atoms with Crippen molar-refractivity contribution in [1.29, 1.82) is 0 Å². The summed E-state index contributed by atoms with van der Waals surface area (Å²) in [5, 5.41) is 9.18. The number of hydrogen-bond acceptors (Lipinski definition) is 6. The van der Waals surface area contributed by atoms with Gasteiger partial charge < -0.3 is 20.2 Å². The lowest BCUT2D eigenvalue weighted by atomic mass is 9.98. The molecule has 7 nitrogen and oxygen atoms in total. The summed E-state index contributed by atoms with van der Waals surface area (Å²) in [4.78, 5) is 16.6. The molecule has 6 rings (SSSR count). The predicted octanol–water partition coefficient (Wildman–Crippen LogP) is 3.57. The fraction of sp³-hybridized carbons (Fsp3) is 0.241. The van der Waals surface area contributed by atoms with Gasteiger partial charge in [-0.2, -0.15) is 0 Å². The zero-order chi connectivity index (χ0) is 24.3. The molecule has 4 aromatic rings. The van der Waals surface area contributed by atoms with Crippen LogP contribution in [-0.4, -0.2) is 16.1 Å². The molecule has 0 spiro atoms. The smallest absolute Gasteiger partial charge is 0.250 e. The molecule has 0 unspecified atom stereocenters. The van der Waals surface area contributed by atoms with E-state index in [2.05, 4.69) is 74.6 Å². The van der Waals surface area contributed by atoms with Crippen LogP contribution in [0.2, 0.25) is 0 Å². The van der Waals surface area contributed by atoms with Crippen LogP contribution in [0.5, 0.6) is 0 Å². The van der Waals surface area contributed by atoms with E-state index in [4.69, 9.17) is 0 Å². The minimum absolute atomic E-state index is 0.0152. The number of nitrogens with one attached hydrogen (secondary N) is 3. The molecule has 0 fully saturated rings. The molecule has 36 heavy (non-hydrogen) atoms. The first kappa shape index (κ1) is 22.5. The van der Waals surface area contributed by atoms with E-state index in [9.17, 15) is 4.79 Å². The highest BCUT2D eigenvalue weighted by molar-refractivity contribution is 5.65. The highest BCUT2D eigenvalue weighted by Crippen LogP contribution is 2.31. The van der Waals surface area contributed by atoms with Gasteiger partial charge in [0.25, 0.3) is 5.56 Å². The van der Waals surface area contributed by atoms with Gasteiger partial charge in [-0.3, -0.25) is 4.79 Å². The maximum absolute atomic E-state index is 12.0. The maximum Gasteiger partial charge on any atom is 0.250 e. The van der Waals surface area contributed by atoms with Crippen LogP contribution in [0.3, 0.4) is 0 Å². The van der Waals surface area contributed by atoms with E-state index < -0.39 is 0 Å². The van der Waals surface area contributed by atoms with Crippen LogP contribution in [0.15, 0.2) is 83.9 Å². The van der Waals surface area contributed by atoms with Crippen molar-refractivity contribution in [3.8, 4) is 0 Å². The maximum atomic E-state index is 12.0. The number of fused-ring (bicyclic) bond motifs is 2. The molecule has 2 aromatic heterocycles. The molecular formula is C29H30N6O. The van der Waals surface area contributed by atoms with E-state index in [1.165, 1.54) is 27.8 Å². The summed E-state index contributed by atoms with van der Waals surface area (Å²) in [7, 11) is 0. The number of nitrogens with zero attached hydrogens (tertiary/aromatic N) is 3. The van der Waals surface area contributed by atoms with Gasteiger partial charge in [0.15, 0.2) is 0 Å². The van der Waals surface area contributed by atoms with Crippen LogP contribution in [0.4, 0.5) is 11.5 Å². The second-order valence-corrected chi connectivity index (χ2v) is 9.44. The average Bonchev–Trinajstić information content (AvgIpc) is 3.33.